The van der Waals surface area contributed by atoms with Crippen LogP contribution in [0.2, 0.25) is 0 Å². The van der Waals surface area contributed by atoms with Crippen molar-refractivity contribution in [3.8, 4) is 5.69 Å². The van der Waals surface area contributed by atoms with Gasteiger partial charge in [-0.1, -0.05) is 59.3 Å². The van der Waals surface area contributed by atoms with E-state index in [9.17, 15) is 4.79 Å². The molecule has 0 saturated carbocycles. The molecule has 4 rings (SSSR count). The molecular weight excluding hydrogens is 344 g/mol. The van der Waals surface area contributed by atoms with Gasteiger partial charge in [-0.3, -0.25) is 14.5 Å². The van der Waals surface area contributed by atoms with Gasteiger partial charge in [-0.2, -0.15) is 5.10 Å². The third-order valence-electron chi connectivity index (χ3n) is 4.19. The number of thioether (sulfide) groups is 1. The molecule has 0 atom stereocenters. The zero-order chi connectivity index (χ0) is 18.1. The van der Waals surface area contributed by atoms with Crippen LogP contribution in [0.5, 0.6) is 0 Å². The minimum Gasteiger partial charge on any atom is -0.268 e. The number of aromatic nitrogens is 4. The average Bonchev–Trinajstić information content (AvgIpc) is 3.10. The van der Waals surface area contributed by atoms with Crippen molar-refractivity contribution < 1.29 is 0 Å². The summed E-state index contributed by atoms with van der Waals surface area (Å²) in [7, 11) is 0. The first-order valence-electron chi connectivity index (χ1n) is 8.33. The van der Waals surface area contributed by atoms with Crippen molar-refractivity contribution in [2.24, 2.45) is 0 Å². The highest BCUT2D eigenvalue weighted by Crippen LogP contribution is 2.24. The lowest BCUT2D eigenvalue weighted by molar-refractivity contribution is 0.815. The van der Waals surface area contributed by atoms with Crippen LogP contribution in [-0.2, 0) is 5.75 Å². The lowest BCUT2D eigenvalue weighted by atomic mass is 10.2. The topological polar surface area (TPSA) is 63.6 Å². The van der Waals surface area contributed by atoms with E-state index < -0.39 is 0 Å². The summed E-state index contributed by atoms with van der Waals surface area (Å²) < 4.78 is 1.66. The lowest BCUT2D eigenvalue weighted by Crippen LogP contribution is -2.21. The van der Waals surface area contributed by atoms with Crippen LogP contribution in [0.25, 0.3) is 16.7 Å². The minimum absolute atomic E-state index is 0.112. The van der Waals surface area contributed by atoms with Gasteiger partial charge in [-0.15, -0.1) is 0 Å². The van der Waals surface area contributed by atoms with E-state index in [-0.39, 0.29) is 5.56 Å². The molecule has 2 heterocycles. The van der Waals surface area contributed by atoms with Gasteiger partial charge in [0.15, 0.2) is 10.8 Å². The molecule has 2 aromatic heterocycles. The van der Waals surface area contributed by atoms with Crippen LogP contribution >= 0.6 is 11.8 Å². The maximum absolute atomic E-state index is 13.0. The molecule has 1 N–H and O–H groups in total. The van der Waals surface area contributed by atoms with Crippen molar-refractivity contribution in [3.05, 3.63) is 81.8 Å². The van der Waals surface area contributed by atoms with E-state index in [1.807, 2.05) is 37.3 Å². The second-order valence-corrected chi connectivity index (χ2v) is 7.22. The van der Waals surface area contributed by atoms with E-state index in [0.29, 0.717) is 16.2 Å². The van der Waals surface area contributed by atoms with Gasteiger partial charge in [-0.25, -0.2) is 4.98 Å². The van der Waals surface area contributed by atoms with E-state index in [1.54, 1.807) is 16.3 Å². The van der Waals surface area contributed by atoms with Gasteiger partial charge in [0, 0.05) is 5.75 Å². The zero-order valence-electron chi connectivity index (χ0n) is 14.6. The van der Waals surface area contributed by atoms with Crippen LogP contribution < -0.4 is 5.56 Å². The SMILES string of the molecule is Cc1ccc(-n2c(SCc3cccc(C)c3)nc3[nH]ncc3c2=O)cc1. The first kappa shape index (κ1) is 16.6. The number of H-pyrrole nitrogens is 1. The zero-order valence-corrected chi connectivity index (χ0v) is 15.4. The Hall–Kier alpha value is -2.86. The van der Waals surface area contributed by atoms with Gasteiger partial charge >= 0.3 is 0 Å². The fourth-order valence-electron chi connectivity index (χ4n) is 2.84. The molecule has 0 aliphatic rings. The normalized spacial score (nSPS) is 11.2. The molecule has 0 fully saturated rings. The summed E-state index contributed by atoms with van der Waals surface area (Å²) in [6, 6.07) is 16.2. The summed E-state index contributed by atoms with van der Waals surface area (Å²) in [4.78, 5) is 17.7. The molecule has 0 aliphatic carbocycles. The molecule has 4 aromatic rings. The van der Waals surface area contributed by atoms with Crippen LogP contribution in [-0.4, -0.2) is 19.7 Å². The van der Waals surface area contributed by atoms with Crippen LogP contribution in [0.3, 0.4) is 0 Å². The van der Waals surface area contributed by atoms with Crippen LogP contribution in [0.4, 0.5) is 0 Å². The second-order valence-electron chi connectivity index (χ2n) is 6.28. The summed E-state index contributed by atoms with van der Waals surface area (Å²) in [5.74, 6) is 0.736. The molecule has 0 amide bonds. The number of nitrogens with zero attached hydrogens (tertiary/aromatic N) is 3. The first-order chi connectivity index (χ1) is 12.6. The lowest BCUT2D eigenvalue weighted by Gasteiger charge is -2.12. The Labute approximate surface area is 155 Å². The van der Waals surface area contributed by atoms with E-state index in [1.165, 1.54) is 17.3 Å². The quantitative estimate of drug-likeness (QED) is 0.440. The Kier molecular flexibility index (Phi) is 4.34. The van der Waals surface area contributed by atoms with Gasteiger partial charge in [0.05, 0.1) is 11.9 Å². The summed E-state index contributed by atoms with van der Waals surface area (Å²) in [5, 5.41) is 7.92. The van der Waals surface area contributed by atoms with Crippen molar-refractivity contribution >= 4 is 22.8 Å². The Bertz CT molecular complexity index is 1130. The third-order valence-corrected chi connectivity index (χ3v) is 5.20. The van der Waals surface area contributed by atoms with Crippen molar-refractivity contribution in [2.45, 2.75) is 24.8 Å². The molecule has 0 spiro atoms. The van der Waals surface area contributed by atoms with Gasteiger partial charge in [0.1, 0.15) is 5.39 Å². The molecule has 2 aromatic carbocycles. The summed E-state index contributed by atoms with van der Waals surface area (Å²) in [6.45, 7) is 4.10. The average molecular weight is 362 g/mol. The number of rotatable bonds is 4. The van der Waals surface area contributed by atoms with Gasteiger partial charge in [0.2, 0.25) is 0 Å². The van der Waals surface area contributed by atoms with Crippen molar-refractivity contribution in [1.82, 2.24) is 19.7 Å². The van der Waals surface area contributed by atoms with Crippen molar-refractivity contribution in [2.75, 3.05) is 0 Å². The molecule has 0 saturated heterocycles. The number of aryl methyl sites for hydroxylation is 2. The van der Waals surface area contributed by atoms with Crippen molar-refractivity contribution in [3.63, 3.8) is 0 Å². The summed E-state index contributed by atoms with van der Waals surface area (Å²) in [5.41, 5.74) is 4.78. The van der Waals surface area contributed by atoms with Crippen molar-refractivity contribution in [1.29, 1.82) is 0 Å². The standard InChI is InChI=1S/C20H18N4OS/c1-13-6-8-16(9-7-13)24-19(25)17-11-21-23-18(17)22-20(24)26-12-15-5-3-4-14(2)10-15/h3-11H,12H2,1-2H3,(H,21,23). The van der Waals surface area contributed by atoms with Crippen LogP contribution in [0.15, 0.2) is 64.7 Å². The van der Waals surface area contributed by atoms with Gasteiger partial charge in [0.25, 0.3) is 5.56 Å². The maximum Gasteiger partial charge on any atom is 0.269 e. The van der Waals surface area contributed by atoms with E-state index >= 15 is 0 Å². The highest BCUT2D eigenvalue weighted by Gasteiger charge is 2.14. The van der Waals surface area contributed by atoms with Crippen LogP contribution in [0, 0.1) is 13.8 Å². The molecule has 0 bridgehead atoms. The molecule has 6 heteroatoms. The number of nitrogens with one attached hydrogen (secondary N) is 1. The molecule has 130 valence electrons. The fraction of sp³-hybridized carbons (Fsp3) is 0.150. The number of benzene rings is 2. The fourth-order valence-corrected chi connectivity index (χ4v) is 3.79. The monoisotopic (exact) mass is 362 g/mol. The largest absolute Gasteiger partial charge is 0.269 e. The number of aromatic amines is 1. The highest BCUT2D eigenvalue weighted by atomic mass is 32.2. The highest BCUT2D eigenvalue weighted by molar-refractivity contribution is 7.98. The molecule has 26 heavy (non-hydrogen) atoms. The molecule has 0 unspecified atom stereocenters. The third kappa shape index (κ3) is 3.15. The summed E-state index contributed by atoms with van der Waals surface area (Å²) >= 11 is 1.54. The Morgan fingerprint density at radius 1 is 1.08 bits per heavy atom. The van der Waals surface area contributed by atoms with E-state index in [0.717, 1.165) is 17.0 Å². The smallest absolute Gasteiger partial charge is 0.268 e. The number of fused-ring (bicyclic) bond motifs is 1. The first-order valence-corrected chi connectivity index (χ1v) is 9.32. The molecular formula is C20H18N4OS. The molecule has 5 nitrogen and oxygen atoms in total. The predicted octanol–water partition coefficient (Wildman–Crippen LogP) is 4.02. The van der Waals surface area contributed by atoms with E-state index in [2.05, 4.69) is 40.3 Å². The Balaban J connectivity index is 1.80. The van der Waals surface area contributed by atoms with E-state index in [4.69, 9.17) is 0 Å². The number of hydrogen-bond donors (Lipinski definition) is 1. The second kappa shape index (κ2) is 6.80. The van der Waals surface area contributed by atoms with Gasteiger partial charge in [-0.05, 0) is 31.5 Å². The van der Waals surface area contributed by atoms with Crippen LogP contribution in [0.1, 0.15) is 16.7 Å². The Morgan fingerprint density at radius 3 is 2.65 bits per heavy atom. The van der Waals surface area contributed by atoms with Gasteiger partial charge < -0.3 is 0 Å². The predicted molar refractivity (Wildman–Crippen MR) is 105 cm³/mol. The molecule has 0 radical (unpaired) electrons. The summed E-state index contributed by atoms with van der Waals surface area (Å²) in [6.07, 6.45) is 1.53. The Morgan fingerprint density at radius 2 is 1.88 bits per heavy atom. The molecule has 0 aliphatic heterocycles. The number of hydrogen-bond acceptors (Lipinski definition) is 4. The maximum atomic E-state index is 13.0. The minimum atomic E-state index is -0.112.